The Morgan fingerprint density at radius 1 is 1.39 bits per heavy atom. The van der Waals surface area contributed by atoms with Gasteiger partial charge in [0, 0.05) is 6.04 Å². The minimum absolute atomic E-state index is 0.230. The van der Waals surface area contributed by atoms with E-state index in [1.54, 1.807) is 13.8 Å². The summed E-state index contributed by atoms with van der Waals surface area (Å²) >= 11 is 0. The van der Waals surface area contributed by atoms with Gasteiger partial charge in [-0.25, -0.2) is 4.39 Å². The molecule has 1 N–H and O–H groups in total. The van der Waals surface area contributed by atoms with Gasteiger partial charge in [0.2, 0.25) is 0 Å². The molecule has 1 amide bonds. The molecule has 0 aromatic heterocycles. The van der Waals surface area contributed by atoms with Crippen LogP contribution in [0.3, 0.4) is 0 Å². The predicted octanol–water partition coefficient (Wildman–Crippen LogP) is 3.37. The SMILES string of the molecule is CCC(C)NC(=O)c1cc(C(F)(F)F)ccc1F. The topological polar surface area (TPSA) is 29.1 Å². The number of nitrogens with one attached hydrogen (secondary N) is 1. The van der Waals surface area contributed by atoms with Crippen LogP contribution in [0.15, 0.2) is 18.2 Å². The van der Waals surface area contributed by atoms with Gasteiger partial charge >= 0.3 is 6.18 Å². The highest BCUT2D eigenvalue weighted by Crippen LogP contribution is 2.30. The second-order valence-electron chi connectivity index (χ2n) is 3.98. The van der Waals surface area contributed by atoms with E-state index in [-0.39, 0.29) is 6.04 Å². The molecule has 0 fully saturated rings. The molecule has 18 heavy (non-hydrogen) atoms. The lowest BCUT2D eigenvalue weighted by Gasteiger charge is -2.13. The van der Waals surface area contributed by atoms with Gasteiger partial charge in [-0.1, -0.05) is 6.92 Å². The van der Waals surface area contributed by atoms with E-state index in [4.69, 9.17) is 0 Å². The summed E-state index contributed by atoms with van der Waals surface area (Å²) in [5, 5.41) is 2.42. The number of rotatable bonds is 3. The van der Waals surface area contributed by atoms with Crippen LogP contribution in [0.4, 0.5) is 17.6 Å². The second kappa shape index (κ2) is 5.37. The zero-order valence-corrected chi connectivity index (χ0v) is 9.94. The Balaban J connectivity index is 3.04. The fourth-order valence-corrected chi connectivity index (χ4v) is 1.28. The molecule has 2 nitrogen and oxygen atoms in total. The molecule has 1 aromatic carbocycles. The van der Waals surface area contributed by atoms with Gasteiger partial charge < -0.3 is 5.32 Å². The summed E-state index contributed by atoms with van der Waals surface area (Å²) in [6.45, 7) is 3.48. The molecule has 0 aliphatic rings. The highest BCUT2D eigenvalue weighted by molar-refractivity contribution is 5.94. The smallest absolute Gasteiger partial charge is 0.350 e. The van der Waals surface area contributed by atoms with Crippen molar-refractivity contribution in [3.8, 4) is 0 Å². The van der Waals surface area contributed by atoms with E-state index in [2.05, 4.69) is 5.32 Å². The zero-order chi connectivity index (χ0) is 13.9. The highest BCUT2D eigenvalue weighted by Gasteiger charge is 2.32. The average Bonchev–Trinajstić information content (AvgIpc) is 2.27. The van der Waals surface area contributed by atoms with Crippen molar-refractivity contribution in [3.05, 3.63) is 35.1 Å². The van der Waals surface area contributed by atoms with E-state index >= 15 is 0 Å². The average molecular weight is 263 g/mol. The fourth-order valence-electron chi connectivity index (χ4n) is 1.28. The van der Waals surface area contributed by atoms with Gasteiger partial charge in [0.1, 0.15) is 5.82 Å². The van der Waals surface area contributed by atoms with Crippen molar-refractivity contribution in [1.82, 2.24) is 5.32 Å². The molecule has 1 atom stereocenters. The minimum Gasteiger partial charge on any atom is -0.350 e. The molecule has 1 aromatic rings. The van der Waals surface area contributed by atoms with Crippen LogP contribution in [-0.2, 0) is 6.18 Å². The summed E-state index contributed by atoms with van der Waals surface area (Å²) in [5.74, 6) is -1.81. The molecule has 100 valence electrons. The van der Waals surface area contributed by atoms with Crippen LogP contribution in [0.25, 0.3) is 0 Å². The van der Waals surface area contributed by atoms with Crippen molar-refractivity contribution >= 4 is 5.91 Å². The minimum atomic E-state index is -4.60. The molecule has 0 saturated carbocycles. The lowest BCUT2D eigenvalue weighted by Crippen LogP contribution is -2.32. The molecule has 0 bridgehead atoms. The number of carbonyl (C=O) groups is 1. The monoisotopic (exact) mass is 263 g/mol. The fraction of sp³-hybridized carbons (Fsp3) is 0.417. The van der Waals surface area contributed by atoms with E-state index in [0.29, 0.717) is 24.6 Å². The highest BCUT2D eigenvalue weighted by atomic mass is 19.4. The number of amides is 1. The summed E-state index contributed by atoms with van der Waals surface area (Å²) in [4.78, 5) is 11.6. The Morgan fingerprint density at radius 2 is 2.00 bits per heavy atom. The molecule has 0 spiro atoms. The third-order valence-electron chi connectivity index (χ3n) is 2.53. The summed E-state index contributed by atoms with van der Waals surface area (Å²) in [7, 11) is 0. The molecule has 0 aliphatic heterocycles. The van der Waals surface area contributed by atoms with Crippen LogP contribution < -0.4 is 5.32 Å². The second-order valence-corrected chi connectivity index (χ2v) is 3.98. The molecule has 1 rings (SSSR count). The quantitative estimate of drug-likeness (QED) is 0.832. The van der Waals surface area contributed by atoms with Crippen LogP contribution in [0.1, 0.15) is 36.2 Å². The standard InChI is InChI=1S/C12H13F4NO/c1-3-7(2)17-11(18)9-6-8(12(14,15)16)4-5-10(9)13/h4-7H,3H2,1-2H3,(H,17,18). The van der Waals surface area contributed by atoms with Gasteiger partial charge in [0.25, 0.3) is 5.91 Å². The first-order valence-electron chi connectivity index (χ1n) is 5.43. The van der Waals surface area contributed by atoms with Gasteiger partial charge in [-0.05, 0) is 31.5 Å². The maximum atomic E-state index is 13.3. The molecule has 6 heteroatoms. The van der Waals surface area contributed by atoms with E-state index in [9.17, 15) is 22.4 Å². The molecule has 0 saturated heterocycles. The van der Waals surface area contributed by atoms with Crippen LogP contribution in [-0.4, -0.2) is 11.9 Å². The van der Waals surface area contributed by atoms with Crippen LogP contribution in [0, 0.1) is 5.82 Å². The van der Waals surface area contributed by atoms with Gasteiger partial charge in [-0.2, -0.15) is 13.2 Å². The van der Waals surface area contributed by atoms with E-state index in [1.807, 2.05) is 0 Å². The number of hydrogen-bond acceptors (Lipinski definition) is 1. The van der Waals surface area contributed by atoms with E-state index < -0.39 is 29.0 Å². The van der Waals surface area contributed by atoms with E-state index in [1.165, 1.54) is 0 Å². The maximum Gasteiger partial charge on any atom is 0.416 e. The molecular formula is C12H13F4NO. The number of halogens is 4. The Bertz CT molecular complexity index is 442. The Hall–Kier alpha value is -1.59. The summed E-state index contributed by atoms with van der Waals surface area (Å²) in [6.07, 6.45) is -3.99. The molecular weight excluding hydrogens is 250 g/mol. The third kappa shape index (κ3) is 3.45. The molecule has 1 unspecified atom stereocenters. The Labute approximate surface area is 102 Å². The van der Waals surface area contributed by atoms with Crippen molar-refractivity contribution in [1.29, 1.82) is 0 Å². The lowest BCUT2D eigenvalue weighted by molar-refractivity contribution is -0.137. The first-order valence-corrected chi connectivity index (χ1v) is 5.43. The number of benzene rings is 1. The number of hydrogen-bond donors (Lipinski definition) is 1. The van der Waals surface area contributed by atoms with Crippen molar-refractivity contribution in [2.75, 3.05) is 0 Å². The van der Waals surface area contributed by atoms with Crippen molar-refractivity contribution < 1.29 is 22.4 Å². The number of alkyl halides is 3. The maximum absolute atomic E-state index is 13.3. The summed E-state index contributed by atoms with van der Waals surface area (Å²) in [6, 6.07) is 1.54. The number of carbonyl (C=O) groups excluding carboxylic acids is 1. The lowest BCUT2D eigenvalue weighted by atomic mass is 10.1. The first kappa shape index (κ1) is 14.5. The normalized spacial score (nSPS) is 13.2. The summed E-state index contributed by atoms with van der Waals surface area (Å²) in [5.41, 5.74) is -1.64. The molecule has 0 aliphatic carbocycles. The van der Waals surface area contributed by atoms with Crippen LogP contribution in [0.5, 0.6) is 0 Å². The van der Waals surface area contributed by atoms with Gasteiger partial charge in [-0.15, -0.1) is 0 Å². The van der Waals surface area contributed by atoms with E-state index in [0.717, 1.165) is 0 Å². The van der Waals surface area contributed by atoms with Crippen molar-refractivity contribution in [2.24, 2.45) is 0 Å². The van der Waals surface area contributed by atoms with Gasteiger partial charge in [0.05, 0.1) is 11.1 Å². The summed E-state index contributed by atoms with van der Waals surface area (Å²) < 4.78 is 50.6. The van der Waals surface area contributed by atoms with Gasteiger partial charge in [0.15, 0.2) is 0 Å². The third-order valence-corrected chi connectivity index (χ3v) is 2.53. The Kier molecular flexibility index (Phi) is 4.32. The van der Waals surface area contributed by atoms with Crippen LogP contribution in [0.2, 0.25) is 0 Å². The van der Waals surface area contributed by atoms with Crippen molar-refractivity contribution in [3.63, 3.8) is 0 Å². The van der Waals surface area contributed by atoms with Crippen molar-refractivity contribution in [2.45, 2.75) is 32.5 Å². The largest absolute Gasteiger partial charge is 0.416 e. The molecule has 0 heterocycles. The predicted molar refractivity (Wildman–Crippen MR) is 58.6 cm³/mol. The zero-order valence-electron chi connectivity index (χ0n) is 9.94. The van der Waals surface area contributed by atoms with Gasteiger partial charge in [-0.3, -0.25) is 4.79 Å². The molecule has 0 radical (unpaired) electrons. The van der Waals surface area contributed by atoms with Crippen LogP contribution >= 0.6 is 0 Å². The Morgan fingerprint density at radius 3 is 2.50 bits per heavy atom. The first-order chi connectivity index (χ1) is 8.25.